The van der Waals surface area contributed by atoms with E-state index in [1.165, 1.54) is 18.6 Å². The van der Waals surface area contributed by atoms with E-state index in [-0.39, 0.29) is 5.56 Å². The molecule has 0 fully saturated rings. The summed E-state index contributed by atoms with van der Waals surface area (Å²) in [6.45, 7) is 0. The normalized spacial score (nSPS) is 12.8. The third kappa shape index (κ3) is 1.81. The van der Waals surface area contributed by atoms with Crippen molar-refractivity contribution in [2.24, 2.45) is 0 Å². The Kier molecular flexibility index (Phi) is 2.70. The van der Waals surface area contributed by atoms with Gasteiger partial charge in [0.1, 0.15) is 6.10 Å². The van der Waals surface area contributed by atoms with Gasteiger partial charge in [-0.15, -0.1) is 0 Å². The quantitative estimate of drug-likeness (QED) is 0.802. The maximum Gasteiger partial charge on any atom is 0.194 e. The fourth-order valence-electron chi connectivity index (χ4n) is 1.36. The smallest absolute Gasteiger partial charge is 0.194 e. The van der Waals surface area contributed by atoms with Crippen LogP contribution in [0.1, 0.15) is 17.2 Å². The summed E-state index contributed by atoms with van der Waals surface area (Å²) in [4.78, 5) is 0. The number of benzene rings is 1. The van der Waals surface area contributed by atoms with Crippen molar-refractivity contribution in [1.82, 2.24) is 0 Å². The van der Waals surface area contributed by atoms with Crippen LogP contribution in [-0.4, -0.2) is 5.11 Å². The fourth-order valence-corrected chi connectivity index (χ4v) is 1.36. The molecule has 1 aromatic carbocycles. The molecule has 2 rings (SSSR count). The Balaban J connectivity index is 2.42. The Hall–Kier alpha value is -1.75. The monoisotopic (exact) mass is 228 g/mol. The van der Waals surface area contributed by atoms with Crippen LogP contribution in [0.3, 0.4) is 0 Å². The summed E-state index contributed by atoms with van der Waals surface area (Å²) < 4.78 is 43.2. The summed E-state index contributed by atoms with van der Waals surface area (Å²) in [5.41, 5.74) is 0.267. The number of hydrogen-bond donors (Lipinski definition) is 1. The van der Waals surface area contributed by atoms with Crippen molar-refractivity contribution in [3.8, 4) is 0 Å². The van der Waals surface area contributed by atoms with Crippen LogP contribution in [0, 0.1) is 17.5 Å². The maximum absolute atomic E-state index is 12.9. The number of hydrogen-bond acceptors (Lipinski definition) is 2. The first-order valence-electron chi connectivity index (χ1n) is 4.44. The zero-order valence-corrected chi connectivity index (χ0v) is 7.95. The highest BCUT2D eigenvalue weighted by Crippen LogP contribution is 2.25. The van der Waals surface area contributed by atoms with Crippen molar-refractivity contribution in [1.29, 1.82) is 0 Å². The Bertz CT molecular complexity index is 471. The predicted octanol–water partition coefficient (Wildman–Crippen LogP) is 2.78. The number of aliphatic hydroxyl groups excluding tert-OH is 1. The van der Waals surface area contributed by atoms with E-state index >= 15 is 0 Å². The Morgan fingerprint density at radius 1 is 1.06 bits per heavy atom. The zero-order chi connectivity index (χ0) is 11.7. The molecule has 0 saturated carbocycles. The van der Waals surface area contributed by atoms with Gasteiger partial charge in [0.2, 0.25) is 0 Å². The molecule has 0 aliphatic carbocycles. The van der Waals surface area contributed by atoms with Gasteiger partial charge in [-0.1, -0.05) is 0 Å². The highest BCUT2D eigenvalue weighted by molar-refractivity contribution is 5.28. The van der Waals surface area contributed by atoms with Crippen LogP contribution in [0.5, 0.6) is 0 Å². The van der Waals surface area contributed by atoms with Gasteiger partial charge in [0, 0.05) is 5.56 Å². The highest BCUT2D eigenvalue weighted by atomic mass is 19.2. The largest absolute Gasteiger partial charge is 0.472 e. The first-order chi connectivity index (χ1) is 7.59. The Morgan fingerprint density at radius 2 is 1.69 bits per heavy atom. The standard InChI is InChI=1S/C11H7F3O2/c12-8-3-7(4-9(13)10(8)14)11(15)6-1-2-16-5-6/h1-5,11,15H. The number of halogens is 3. The van der Waals surface area contributed by atoms with Gasteiger partial charge in [0.05, 0.1) is 12.5 Å². The van der Waals surface area contributed by atoms with Crippen molar-refractivity contribution < 1.29 is 22.7 Å². The second kappa shape index (κ2) is 4.02. The number of aliphatic hydroxyl groups is 1. The lowest BCUT2D eigenvalue weighted by Crippen LogP contribution is -2.02. The van der Waals surface area contributed by atoms with Crippen LogP contribution in [-0.2, 0) is 0 Å². The second-order valence-electron chi connectivity index (χ2n) is 3.26. The molecule has 2 aromatic rings. The summed E-state index contributed by atoms with van der Waals surface area (Å²) in [6, 6.07) is 2.94. The predicted molar refractivity (Wildman–Crippen MR) is 49.1 cm³/mol. The van der Waals surface area contributed by atoms with E-state index in [1.807, 2.05) is 0 Å². The van der Waals surface area contributed by atoms with E-state index < -0.39 is 23.6 Å². The number of rotatable bonds is 2. The first-order valence-corrected chi connectivity index (χ1v) is 4.44. The van der Waals surface area contributed by atoms with Crippen LogP contribution in [0.4, 0.5) is 13.2 Å². The molecule has 0 radical (unpaired) electrons. The molecule has 1 N–H and O–H groups in total. The van der Waals surface area contributed by atoms with Crippen LogP contribution in [0.2, 0.25) is 0 Å². The van der Waals surface area contributed by atoms with Crippen LogP contribution < -0.4 is 0 Å². The summed E-state index contributed by atoms with van der Waals surface area (Å²) in [7, 11) is 0. The van der Waals surface area contributed by atoms with Crippen LogP contribution in [0.25, 0.3) is 0 Å². The minimum atomic E-state index is -1.55. The summed E-state index contributed by atoms with van der Waals surface area (Å²) in [5, 5.41) is 9.70. The van der Waals surface area contributed by atoms with Gasteiger partial charge in [-0.2, -0.15) is 0 Å². The van der Waals surface area contributed by atoms with Gasteiger partial charge in [-0.25, -0.2) is 13.2 Å². The molecule has 1 heterocycles. The fraction of sp³-hybridized carbons (Fsp3) is 0.0909. The van der Waals surface area contributed by atoms with E-state index in [0.717, 1.165) is 12.1 Å². The summed E-state index contributed by atoms with van der Waals surface area (Å²) >= 11 is 0. The molecule has 1 aromatic heterocycles. The SMILES string of the molecule is OC(c1ccoc1)c1cc(F)c(F)c(F)c1. The molecule has 0 aliphatic heterocycles. The van der Waals surface area contributed by atoms with Crippen molar-refractivity contribution >= 4 is 0 Å². The van der Waals surface area contributed by atoms with E-state index in [2.05, 4.69) is 0 Å². The molecular weight excluding hydrogens is 221 g/mol. The van der Waals surface area contributed by atoms with Crippen LogP contribution in [0.15, 0.2) is 35.1 Å². The third-order valence-corrected chi connectivity index (χ3v) is 2.18. The molecule has 0 amide bonds. The summed E-state index contributed by atoms with van der Waals surface area (Å²) in [5.74, 6) is -4.22. The molecule has 2 nitrogen and oxygen atoms in total. The second-order valence-corrected chi connectivity index (χ2v) is 3.26. The molecule has 0 aliphatic rings. The highest BCUT2D eigenvalue weighted by Gasteiger charge is 2.17. The zero-order valence-electron chi connectivity index (χ0n) is 7.95. The molecule has 0 spiro atoms. The lowest BCUT2D eigenvalue weighted by atomic mass is 10.0. The maximum atomic E-state index is 12.9. The van der Waals surface area contributed by atoms with E-state index in [0.29, 0.717) is 5.56 Å². The third-order valence-electron chi connectivity index (χ3n) is 2.18. The van der Waals surface area contributed by atoms with E-state index in [9.17, 15) is 18.3 Å². The molecule has 0 bridgehead atoms. The van der Waals surface area contributed by atoms with Crippen molar-refractivity contribution in [3.05, 3.63) is 59.3 Å². The average Bonchev–Trinajstić information content (AvgIpc) is 2.77. The molecule has 84 valence electrons. The first kappa shape index (κ1) is 10.8. The van der Waals surface area contributed by atoms with Gasteiger partial charge in [0.15, 0.2) is 17.5 Å². The van der Waals surface area contributed by atoms with Gasteiger partial charge in [-0.05, 0) is 23.8 Å². The molecular formula is C11H7F3O2. The topological polar surface area (TPSA) is 33.4 Å². The minimum Gasteiger partial charge on any atom is -0.472 e. The Labute approximate surface area is 88.9 Å². The van der Waals surface area contributed by atoms with Crippen molar-refractivity contribution in [2.45, 2.75) is 6.10 Å². The van der Waals surface area contributed by atoms with E-state index in [4.69, 9.17) is 4.42 Å². The molecule has 0 saturated heterocycles. The van der Waals surface area contributed by atoms with Gasteiger partial charge >= 0.3 is 0 Å². The number of furan rings is 1. The molecule has 1 atom stereocenters. The Morgan fingerprint density at radius 3 is 2.19 bits per heavy atom. The van der Waals surface area contributed by atoms with Gasteiger partial charge < -0.3 is 9.52 Å². The van der Waals surface area contributed by atoms with Gasteiger partial charge in [0.25, 0.3) is 0 Å². The van der Waals surface area contributed by atoms with Crippen molar-refractivity contribution in [3.63, 3.8) is 0 Å². The lowest BCUT2D eigenvalue weighted by molar-refractivity contribution is 0.217. The lowest BCUT2D eigenvalue weighted by Gasteiger charge is -2.09. The minimum absolute atomic E-state index is 0.0715. The van der Waals surface area contributed by atoms with E-state index in [1.54, 1.807) is 0 Å². The molecule has 1 unspecified atom stereocenters. The van der Waals surface area contributed by atoms with Crippen molar-refractivity contribution in [2.75, 3.05) is 0 Å². The molecule has 5 heteroatoms. The summed E-state index contributed by atoms with van der Waals surface area (Å²) in [6.07, 6.45) is 1.31. The van der Waals surface area contributed by atoms with Gasteiger partial charge in [-0.3, -0.25) is 0 Å². The average molecular weight is 228 g/mol. The molecule has 16 heavy (non-hydrogen) atoms. The van der Waals surface area contributed by atoms with Crippen LogP contribution >= 0.6 is 0 Å².